The maximum Gasteiger partial charge on any atom is 0.268 e. The van der Waals surface area contributed by atoms with Gasteiger partial charge < -0.3 is 25.2 Å². The summed E-state index contributed by atoms with van der Waals surface area (Å²) in [4.78, 5) is 28.2. The molecule has 1 amide bonds. The van der Waals surface area contributed by atoms with E-state index in [1.807, 2.05) is 19.9 Å². The molecule has 41 heavy (non-hydrogen) atoms. The number of carbonyl (C=O) groups excluding carboxylic acids is 1. The topological polar surface area (TPSA) is 85.9 Å². The summed E-state index contributed by atoms with van der Waals surface area (Å²) in [6.45, 7) is 10.3. The van der Waals surface area contributed by atoms with Crippen molar-refractivity contribution in [3.05, 3.63) is 35.5 Å². The lowest BCUT2D eigenvalue weighted by Gasteiger charge is -2.40. The molecule has 0 aliphatic carbocycles. The number of nitrogens with one attached hydrogen (secondary N) is 2. The van der Waals surface area contributed by atoms with Crippen LogP contribution < -0.4 is 15.5 Å². The highest BCUT2D eigenvalue weighted by Crippen LogP contribution is 2.34. The number of ether oxygens (including phenoxy) is 1. The third-order valence-electron chi connectivity index (χ3n) is 8.71. The van der Waals surface area contributed by atoms with E-state index in [9.17, 15) is 13.6 Å². The van der Waals surface area contributed by atoms with E-state index in [0.717, 1.165) is 30.8 Å². The molecule has 0 radical (unpaired) electrons. The minimum Gasteiger partial charge on any atom is -0.379 e. The number of likely N-dealkylation sites (N-methyl/N-ethyl adjacent to an activating group) is 1. The number of piperazine rings is 1. The number of aromatic nitrogens is 2. The average molecular weight is 572 g/mol. The van der Waals surface area contributed by atoms with Crippen LogP contribution in [0, 0.1) is 5.41 Å². The summed E-state index contributed by atoms with van der Waals surface area (Å²) < 4.78 is 33.1. The molecule has 0 spiro atoms. The first kappa shape index (κ1) is 29.4. The van der Waals surface area contributed by atoms with Crippen LogP contribution in [0.3, 0.4) is 0 Å². The van der Waals surface area contributed by atoms with Crippen LogP contribution in [-0.4, -0.2) is 90.7 Å². The number of fused-ring (bicyclic) bond motifs is 2. The van der Waals surface area contributed by atoms with Crippen molar-refractivity contribution in [2.75, 3.05) is 68.5 Å². The van der Waals surface area contributed by atoms with Gasteiger partial charge in [-0.3, -0.25) is 9.69 Å². The number of amides is 1. The van der Waals surface area contributed by atoms with Crippen molar-refractivity contribution in [1.29, 1.82) is 0 Å². The number of alkyl halides is 2. The van der Waals surface area contributed by atoms with Crippen LogP contribution in [0.2, 0.25) is 0 Å². The molecule has 1 aromatic carbocycles. The van der Waals surface area contributed by atoms with Crippen LogP contribution in [0.4, 0.5) is 31.9 Å². The first-order valence-electron chi connectivity index (χ1n) is 14.8. The Labute approximate surface area is 241 Å². The molecule has 0 saturated carbocycles. The van der Waals surface area contributed by atoms with Gasteiger partial charge in [-0.1, -0.05) is 6.92 Å². The van der Waals surface area contributed by atoms with Crippen LogP contribution >= 0.6 is 0 Å². The third kappa shape index (κ3) is 6.56. The number of carbonyl (C=O) groups is 1. The summed E-state index contributed by atoms with van der Waals surface area (Å²) in [5.41, 5.74) is 2.39. The number of aryl methyl sites for hydroxylation is 1. The molecule has 5 rings (SSSR count). The van der Waals surface area contributed by atoms with E-state index in [0.29, 0.717) is 51.4 Å². The number of benzene rings is 1. The molecule has 3 aliphatic heterocycles. The van der Waals surface area contributed by atoms with Crippen molar-refractivity contribution in [3.63, 3.8) is 0 Å². The fourth-order valence-electron chi connectivity index (χ4n) is 6.17. The van der Waals surface area contributed by atoms with Crippen molar-refractivity contribution in [2.24, 2.45) is 5.41 Å². The fourth-order valence-corrected chi connectivity index (χ4v) is 6.17. The van der Waals surface area contributed by atoms with Gasteiger partial charge in [-0.2, -0.15) is 4.98 Å². The Morgan fingerprint density at radius 2 is 1.95 bits per heavy atom. The molecule has 2 bridgehead atoms. The van der Waals surface area contributed by atoms with Crippen molar-refractivity contribution in [3.8, 4) is 0 Å². The van der Waals surface area contributed by atoms with Gasteiger partial charge in [0.15, 0.2) is 0 Å². The summed E-state index contributed by atoms with van der Waals surface area (Å²) in [5.74, 6) is 0.416. The van der Waals surface area contributed by atoms with Crippen LogP contribution in [-0.2, 0) is 16.0 Å². The first-order valence-corrected chi connectivity index (χ1v) is 14.8. The molecule has 11 heteroatoms. The molecule has 0 unspecified atom stereocenters. The van der Waals surface area contributed by atoms with Gasteiger partial charge in [-0.15, -0.1) is 0 Å². The summed E-state index contributed by atoms with van der Waals surface area (Å²) in [5, 5.41) is 6.32. The van der Waals surface area contributed by atoms with Gasteiger partial charge in [0.05, 0.1) is 24.2 Å². The smallest absolute Gasteiger partial charge is 0.268 e. The van der Waals surface area contributed by atoms with E-state index in [4.69, 9.17) is 4.74 Å². The van der Waals surface area contributed by atoms with Gasteiger partial charge >= 0.3 is 0 Å². The Morgan fingerprint density at radius 3 is 2.66 bits per heavy atom. The maximum absolute atomic E-state index is 13.8. The molecule has 4 heterocycles. The highest BCUT2D eigenvalue weighted by molar-refractivity contribution is 5.82. The van der Waals surface area contributed by atoms with E-state index < -0.39 is 11.8 Å². The number of hydrogen-bond donors (Lipinski definition) is 2. The van der Waals surface area contributed by atoms with Crippen LogP contribution in [0.5, 0.6) is 0 Å². The number of anilines is 4. The predicted octanol–water partition coefficient (Wildman–Crippen LogP) is 4.69. The molecule has 2 N–H and O–H groups in total. The number of hydrogen-bond acceptors (Lipinski definition) is 8. The lowest BCUT2D eigenvalue weighted by Crippen LogP contribution is -2.52. The molecular weight excluding hydrogens is 528 g/mol. The highest BCUT2D eigenvalue weighted by atomic mass is 19.3. The molecule has 2 aromatic rings. The Kier molecular flexibility index (Phi) is 8.94. The molecule has 224 valence electrons. The predicted molar refractivity (Wildman–Crippen MR) is 157 cm³/mol. The van der Waals surface area contributed by atoms with Gasteiger partial charge in [0.25, 0.3) is 6.43 Å². The second-order valence-corrected chi connectivity index (χ2v) is 12.1. The summed E-state index contributed by atoms with van der Waals surface area (Å²) >= 11 is 0. The summed E-state index contributed by atoms with van der Waals surface area (Å²) in [7, 11) is 2.24. The minimum atomic E-state index is -2.71. The molecular formula is C30H43F2N7O2. The zero-order chi connectivity index (χ0) is 29.1. The van der Waals surface area contributed by atoms with E-state index in [1.165, 1.54) is 24.7 Å². The molecule has 3 saturated heterocycles. The van der Waals surface area contributed by atoms with E-state index in [2.05, 4.69) is 56.5 Å². The van der Waals surface area contributed by atoms with Gasteiger partial charge in [-0.25, -0.2) is 13.8 Å². The van der Waals surface area contributed by atoms with E-state index >= 15 is 0 Å². The van der Waals surface area contributed by atoms with Gasteiger partial charge in [0.1, 0.15) is 5.82 Å². The number of halogens is 2. The third-order valence-corrected chi connectivity index (χ3v) is 8.71. The van der Waals surface area contributed by atoms with Crippen molar-refractivity contribution in [1.82, 2.24) is 19.8 Å². The molecule has 2 atom stereocenters. The Hall–Kier alpha value is -3.05. The Balaban J connectivity index is 1.24. The normalized spacial score (nSPS) is 22.8. The summed E-state index contributed by atoms with van der Waals surface area (Å²) in [6, 6.07) is 7.59. The molecule has 1 aromatic heterocycles. The lowest BCUT2D eigenvalue weighted by atomic mass is 9.93. The highest BCUT2D eigenvalue weighted by Gasteiger charge is 2.37. The second kappa shape index (κ2) is 12.4. The van der Waals surface area contributed by atoms with Gasteiger partial charge in [0.2, 0.25) is 11.9 Å². The van der Waals surface area contributed by atoms with Crippen LogP contribution in [0.25, 0.3) is 0 Å². The molecule has 3 aliphatic rings. The molecule has 3 fully saturated rings. The minimum absolute atomic E-state index is 0.0505. The van der Waals surface area contributed by atoms with E-state index in [-0.39, 0.29) is 23.2 Å². The monoisotopic (exact) mass is 571 g/mol. The second-order valence-electron chi connectivity index (χ2n) is 12.1. The Bertz CT molecular complexity index is 1210. The first-order chi connectivity index (χ1) is 19.7. The SMILES string of the molecule is CCc1cc(N2C[C@H]3CC[C@@H](C2)N3C)ccc1Nc1ncc(C(F)F)c(NCCCN2CCOCC(C)(C)C2=O)n1. The van der Waals surface area contributed by atoms with Crippen molar-refractivity contribution < 1.29 is 18.3 Å². The van der Waals surface area contributed by atoms with Crippen LogP contribution in [0.15, 0.2) is 24.4 Å². The standard InChI is InChI=1S/C30H43F2N7O2/c1-5-20-15-21(39-17-22-7-8-23(18-39)37(22)4)9-10-25(20)35-29-34-16-24(26(31)32)27(36-29)33-11-6-12-38-13-14-41-19-30(2,3)28(38)40/h9-10,15-16,22-23,26H,5-8,11-14,17-19H2,1-4H3,(H2,33,34,35,36)/t22-,23+. The van der Waals surface area contributed by atoms with Gasteiger partial charge in [0, 0.05) is 62.4 Å². The molecule has 9 nitrogen and oxygen atoms in total. The van der Waals surface area contributed by atoms with Gasteiger partial charge in [-0.05, 0) is 70.3 Å². The number of rotatable bonds is 10. The lowest BCUT2D eigenvalue weighted by molar-refractivity contribution is -0.139. The van der Waals surface area contributed by atoms with Crippen LogP contribution in [0.1, 0.15) is 57.6 Å². The summed E-state index contributed by atoms with van der Waals surface area (Å²) in [6.07, 6.45) is 2.38. The van der Waals surface area contributed by atoms with Crippen molar-refractivity contribution in [2.45, 2.75) is 65.0 Å². The average Bonchev–Trinajstić information content (AvgIpc) is 3.09. The maximum atomic E-state index is 13.8. The zero-order valence-corrected chi connectivity index (χ0v) is 24.6. The van der Waals surface area contributed by atoms with E-state index in [1.54, 1.807) is 4.90 Å². The van der Waals surface area contributed by atoms with Crippen molar-refractivity contribution >= 4 is 29.0 Å². The zero-order valence-electron chi connectivity index (χ0n) is 24.6. The Morgan fingerprint density at radius 1 is 1.20 bits per heavy atom. The largest absolute Gasteiger partial charge is 0.379 e. The fraction of sp³-hybridized carbons (Fsp3) is 0.633. The number of nitrogens with zero attached hydrogens (tertiary/aromatic N) is 5. The quantitative estimate of drug-likeness (QED) is 0.398.